The largest absolute Gasteiger partial charge is 0.496 e. The molecule has 1 aliphatic rings. The summed E-state index contributed by atoms with van der Waals surface area (Å²) in [7, 11) is 1.68. The second kappa shape index (κ2) is 8.36. The van der Waals surface area contributed by atoms with Crippen LogP contribution in [0.4, 0.5) is 0 Å². The van der Waals surface area contributed by atoms with Gasteiger partial charge in [0.1, 0.15) is 11.5 Å². The van der Waals surface area contributed by atoms with Crippen molar-refractivity contribution in [2.45, 2.75) is 27.3 Å². The van der Waals surface area contributed by atoms with E-state index in [-0.39, 0.29) is 5.91 Å². The maximum absolute atomic E-state index is 12.4. The lowest BCUT2D eigenvalue weighted by atomic mass is 10.0. The first-order chi connectivity index (χ1) is 14.5. The number of amides is 1. The highest BCUT2D eigenvalue weighted by molar-refractivity contribution is 5.91. The maximum atomic E-state index is 12.4. The number of aryl methyl sites for hydroxylation is 3. The number of piperazine rings is 1. The molecule has 7 nitrogen and oxygen atoms in total. The molecule has 1 fully saturated rings. The third-order valence-corrected chi connectivity index (χ3v) is 5.63. The summed E-state index contributed by atoms with van der Waals surface area (Å²) in [5.41, 5.74) is 4.03. The monoisotopic (exact) mass is 409 g/mol. The summed E-state index contributed by atoms with van der Waals surface area (Å²) >= 11 is 0. The SMILES string of the molecule is COc1cc(C)c(-c2nc(CN3CCN(C(=O)c4ccco4)CC3)c(C)o2)cc1C. The molecule has 0 bridgehead atoms. The molecule has 7 heteroatoms. The van der Waals surface area contributed by atoms with Gasteiger partial charge in [-0.15, -0.1) is 0 Å². The number of aromatic nitrogens is 1. The number of carbonyl (C=O) groups excluding carboxylic acids is 1. The van der Waals surface area contributed by atoms with Gasteiger partial charge >= 0.3 is 0 Å². The van der Waals surface area contributed by atoms with Gasteiger partial charge in [-0.05, 0) is 56.2 Å². The Labute approximate surface area is 176 Å². The Morgan fingerprint density at radius 2 is 1.90 bits per heavy atom. The van der Waals surface area contributed by atoms with Crippen molar-refractivity contribution >= 4 is 5.91 Å². The molecule has 30 heavy (non-hydrogen) atoms. The first kappa shape index (κ1) is 20.2. The molecule has 0 saturated carbocycles. The Balaban J connectivity index is 1.43. The minimum Gasteiger partial charge on any atom is -0.496 e. The molecule has 0 aliphatic carbocycles. The van der Waals surface area contributed by atoms with Gasteiger partial charge in [-0.3, -0.25) is 9.69 Å². The molecule has 0 spiro atoms. The number of nitrogens with zero attached hydrogens (tertiary/aromatic N) is 3. The van der Waals surface area contributed by atoms with Gasteiger partial charge in [0, 0.05) is 38.3 Å². The van der Waals surface area contributed by atoms with E-state index in [1.54, 1.807) is 19.2 Å². The molecular weight excluding hydrogens is 382 g/mol. The second-order valence-electron chi connectivity index (χ2n) is 7.70. The number of methoxy groups -OCH3 is 1. The van der Waals surface area contributed by atoms with E-state index in [0.717, 1.165) is 47.0 Å². The van der Waals surface area contributed by atoms with Gasteiger partial charge in [0.2, 0.25) is 5.89 Å². The Bertz CT molecular complexity index is 1030. The molecular formula is C23H27N3O4. The molecule has 158 valence electrons. The summed E-state index contributed by atoms with van der Waals surface area (Å²) in [6.45, 7) is 9.61. The first-order valence-electron chi connectivity index (χ1n) is 10.1. The smallest absolute Gasteiger partial charge is 0.289 e. The second-order valence-corrected chi connectivity index (χ2v) is 7.70. The molecule has 3 aromatic rings. The van der Waals surface area contributed by atoms with Crippen LogP contribution in [0.5, 0.6) is 5.75 Å². The lowest BCUT2D eigenvalue weighted by molar-refractivity contribution is 0.0596. The number of oxazole rings is 1. The van der Waals surface area contributed by atoms with Crippen molar-refractivity contribution in [3.8, 4) is 17.2 Å². The van der Waals surface area contributed by atoms with Crippen LogP contribution < -0.4 is 4.74 Å². The van der Waals surface area contributed by atoms with Crippen LogP contribution in [-0.4, -0.2) is 54.0 Å². The summed E-state index contributed by atoms with van der Waals surface area (Å²) in [4.78, 5) is 21.3. The molecule has 1 aromatic carbocycles. The van der Waals surface area contributed by atoms with Crippen LogP contribution in [0.1, 0.15) is 33.1 Å². The fraction of sp³-hybridized carbons (Fsp3) is 0.391. The van der Waals surface area contributed by atoms with Crippen molar-refractivity contribution in [1.29, 1.82) is 0 Å². The minimum atomic E-state index is -0.0510. The van der Waals surface area contributed by atoms with Crippen LogP contribution in [0.2, 0.25) is 0 Å². The first-order valence-corrected chi connectivity index (χ1v) is 10.1. The highest BCUT2D eigenvalue weighted by atomic mass is 16.5. The molecule has 0 atom stereocenters. The van der Waals surface area contributed by atoms with Crippen LogP contribution in [0, 0.1) is 20.8 Å². The number of furan rings is 1. The van der Waals surface area contributed by atoms with Gasteiger partial charge in [0.15, 0.2) is 5.76 Å². The lowest BCUT2D eigenvalue weighted by Gasteiger charge is -2.33. The van der Waals surface area contributed by atoms with Crippen molar-refractivity contribution in [2.75, 3.05) is 33.3 Å². The quantitative estimate of drug-likeness (QED) is 0.638. The van der Waals surface area contributed by atoms with E-state index >= 15 is 0 Å². The topological polar surface area (TPSA) is 72.0 Å². The third-order valence-electron chi connectivity index (χ3n) is 5.63. The predicted octanol–water partition coefficient (Wildman–Crippen LogP) is 3.83. The number of ether oxygens (including phenoxy) is 1. The maximum Gasteiger partial charge on any atom is 0.289 e. The van der Waals surface area contributed by atoms with E-state index in [4.69, 9.17) is 18.6 Å². The summed E-state index contributed by atoms with van der Waals surface area (Å²) in [6.07, 6.45) is 1.53. The van der Waals surface area contributed by atoms with Crippen LogP contribution in [0.25, 0.3) is 11.5 Å². The minimum absolute atomic E-state index is 0.0510. The van der Waals surface area contributed by atoms with Crippen molar-refractivity contribution < 1.29 is 18.4 Å². The van der Waals surface area contributed by atoms with Crippen LogP contribution >= 0.6 is 0 Å². The highest BCUT2D eigenvalue weighted by Crippen LogP contribution is 2.31. The van der Waals surface area contributed by atoms with E-state index in [0.29, 0.717) is 31.3 Å². The predicted molar refractivity (Wildman–Crippen MR) is 113 cm³/mol. The van der Waals surface area contributed by atoms with Crippen molar-refractivity contribution in [1.82, 2.24) is 14.8 Å². The Kier molecular flexibility index (Phi) is 5.63. The standard InChI is InChI=1S/C23H27N3O4/c1-15-13-21(28-4)16(2)12-18(15)22-24-19(17(3)30-22)14-25-7-9-26(10-8-25)23(27)20-6-5-11-29-20/h5-6,11-13H,7-10,14H2,1-4H3. The van der Waals surface area contributed by atoms with E-state index in [2.05, 4.69) is 11.0 Å². The Morgan fingerprint density at radius 3 is 2.57 bits per heavy atom. The number of carbonyl (C=O) groups is 1. The van der Waals surface area contributed by atoms with Crippen LogP contribution in [0.15, 0.2) is 39.4 Å². The Morgan fingerprint density at radius 1 is 1.13 bits per heavy atom. The molecule has 4 rings (SSSR count). The molecule has 3 heterocycles. The molecule has 0 radical (unpaired) electrons. The Hall–Kier alpha value is -3.06. The van der Waals surface area contributed by atoms with Crippen molar-refractivity contribution in [3.05, 3.63) is 58.9 Å². The third kappa shape index (κ3) is 3.98. The van der Waals surface area contributed by atoms with Gasteiger partial charge in [0.25, 0.3) is 5.91 Å². The molecule has 2 aromatic heterocycles. The van der Waals surface area contributed by atoms with Gasteiger partial charge < -0.3 is 18.5 Å². The fourth-order valence-electron chi connectivity index (χ4n) is 3.81. The molecule has 1 saturated heterocycles. The van der Waals surface area contributed by atoms with E-state index in [1.807, 2.05) is 31.7 Å². The number of hydrogen-bond donors (Lipinski definition) is 0. The van der Waals surface area contributed by atoms with E-state index in [1.165, 1.54) is 6.26 Å². The average Bonchev–Trinajstić information content (AvgIpc) is 3.40. The summed E-state index contributed by atoms with van der Waals surface area (Å²) in [5, 5.41) is 0. The lowest BCUT2D eigenvalue weighted by Crippen LogP contribution is -2.48. The zero-order chi connectivity index (χ0) is 21.3. The number of hydrogen-bond acceptors (Lipinski definition) is 6. The summed E-state index contributed by atoms with van der Waals surface area (Å²) < 4.78 is 16.6. The van der Waals surface area contributed by atoms with Gasteiger partial charge in [-0.1, -0.05) is 0 Å². The van der Waals surface area contributed by atoms with Gasteiger partial charge in [-0.2, -0.15) is 0 Å². The zero-order valence-electron chi connectivity index (χ0n) is 17.9. The van der Waals surface area contributed by atoms with Gasteiger partial charge in [0.05, 0.1) is 19.1 Å². The molecule has 0 unspecified atom stereocenters. The summed E-state index contributed by atoms with van der Waals surface area (Å²) in [6, 6.07) is 7.51. The van der Waals surface area contributed by atoms with Crippen LogP contribution in [0.3, 0.4) is 0 Å². The average molecular weight is 409 g/mol. The normalized spacial score (nSPS) is 14.9. The van der Waals surface area contributed by atoms with E-state index < -0.39 is 0 Å². The summed E-state index contributed by atoms with van der Waals surface area (Å²) in [5.74, 6) is 2.67. The van der Waals surface area contributed by atoms with Crippen LogP contribution in [-0.2, 0) is 6.54 Å². The van der Waals surface area contributed by atoms with Crippen molar-refractivity contribution in [2.24, 2.45) is 0 Å². The van der Waals surface area contributed by atoms with Gasteiger partial charge in [-0.25, -0.2) is 4.98 Å². The molecule has 1 aliphatic heterocycles. The van der Waals surface area contributed by atoms with E-state index in [9.17, 15) is 4.79 Å². The molecule has 1 amide bonds. The number of rotatable bonds is 5. The fourth-order valence-corrected chi connectivity index (χ4v) is 3.81. The molecule has 0 N–H and O–H groups in total. The highest BCUT2D eigenvalue weighted by Gasteiger charge is 2.25. The van der Waals surface area contributed by atoms with Crippen molar-refractivity contribution in [3.63, 3.8) is 0 Å². The number of benzene rings is 1. The zero-order valence-corrected chi connectivity index (χ0v) is 17.9.